The summed E-state index contributed by atoms with van der Waals surface area (Å²) < 4.78 is 29.4. The second-order valence-electron chi connectivity index (χ2n) is 8.18. The van der Waals surface area contributed by atoms with Gasteiger partial charge in [0, 0.05) is 6.26 Å². The van der Waals surface area contributed by atoms with Gasteiger partial charge in [0.2, 0.25) is 8.32 Å². The van der Waals surface area contributed by atoms with E-state index in [-0.39, 0.29) is 9.93 Å². The predicted molar refractivity (Wildman–Crippen MR) is 108 cm³/mol. The van der Waals surface area contributed by atoms with Crippen LogP contribution in [0.4, 0.5) is 0 Å². The molecule has 6 heteroatoms. The quantitative estimate of drug-likeness (QED) is 0.758. The van der Waals surface area contributed by atoms with E-state index in [0.29, 0.717) is 11.1 Å². The highest BCUT2D eigenvalue weighted by Crippen LogP contribution is 2.38. The van der Waals surface area contributed by atoms with Gasteiger partial charge >= 0.3 is 0 Å². The van der Waals surface area contributed by atoms with Crippen LogP contribution in [-0.2, 0) is 9.84 Å². The van der Waals surface area contributed by atoms with Crippen LogP contribution < -0.4 is 4.43 Å². The summed E-state index contributed by atoms with van der Waals surface area (Å²) in [4.78, 5) is 0.239. The third-order valence-corrected chi connectivity index (χ3v) is 10.5. The fraction of sp³-hybridized carbons (Fsp3) is 0.400. The van der Waals surface area contributed by atoms with E-state index in [1.54, 1.807) is 12.1 Å². The maximum atomic E-state index is 11.6. The van der Waals surface area contributed by atoms with Gasteiger partial charge < -0.3 is 9.53 Å². The van der Waals surface area contributed by atoms with E-state index >= 15 is 0 Å². The molecule has 142 valence electrons. The third-order valence-electron chi connectivity index (χ3n) is 4.98. The minimum Gasteiger partial charge on any atom is -0.543 e. The molecule has 0 saturated carbocycles. The Kier molecular flexibility index (Phi) is 5.70. The van der Waals surface area contributed by atoms with Gasteiger partial charge in [-0.05, 0) is 53.5 Å². The standard InChI is InChI=1S/C20H28O4SSi/c1-20(2,3)26(5,6)24-17-9-7-8-16(14-17)19(21)15-10-12-18(13-11-15)25(4,22)23/h7-14,19,21H,1-6H3. The minimum absolute atomic E-state index is 0.0864. The van der Waals surface area contributed by atoms with Crippen LogP contribution in [0.1, 0.15) is 38.0 Å². The lowest BCUT2D eigenvalue weighted by Gasteiger charge is -2.36. The molecule has 1 atom stereocenters. The maximum Gasteiger partial charge on any atom is 0.250 e. The molecule has 0 spiro atoms. The van der Waals surface area contributed by atoms with Gasteiger partial charge in [-0.1, -0.05) is 45.0 Å². The van der Waals surface area contributed by atoms with Gasteiger partial charge in [-0.15, -0.1) is 0 Å². The second-order valence-corrected chi connectivity index (χ2v) is 14.9. The first kappa shape index (κ1) is 20.7. The van der Waals surface area contributed by atoms with E-state index in [1.807, 2.05) is 24.3 Å². The van der Waals surface area contributed by atoms with Crippen molar-refractivity contribution >= 4 is 18.2 Å². The molecule has 0 fully saturated rings. The molecule has 0 aliphatic rings. The Bertz CT molecular complexity index is 865. The smallest absolute Gasteiger partial charge is 0.250 e. The van der Waals surface area contributed by atoms with E-state index in [1.165, 1.54) is 18.4 Å². The van der Waals surface area contributed by atoms with Crippen molar-refractivity contribution in [2.24, 2.45) is 0 Å². The van der Waals surface area contributed by atoms with Crippen LogP contribution in [0, 0.1) is 0 Å². The van der Waals surface area contributed by atoms with E-state index < -0.39 is 24.3 Å². The van der Waals surface area contributed by atoms with E-state index in [9.17, 15) is 13.5 Å². The lowest BCUT2D eigenvalue weighted by Crippen LogP contribution is -2.43. The Morgan fingerprint density at radius 3 is 2.08 bits per heavy atom. The monoisotopic (exact) mass is 392 g/mol. The Morgan fingerprint density at radius 1 is 1.00 bits per heavy atom. The molecule has 1 unspecified atom stereocenters. The summed E-state index contributed by atoms with van der Waals surface area (Å²) in [7, 11) is -5.21. The fourth-order valence-electron chi connectivity index (χ4n) is 2.29. The largest absolute Gasteiger partial charge is 0.543 e. The number of benzene rings is 2. The molecule has 4 nitrogen and oxygen atoms in total. The number of aliphatic hydroxyl groups is 1. The molecule has 2 aromatic rings. The maximum absolute atomic E-state index is 11.6. The van der Waals surface area contributed by atoms with Gasteiger partial charge in [0.25, 0.3) is 0 Å². The van der Waals surface area contributed by atoms with Crippen LogP contribution in [0.25, 0.3) is 0 Å². The Balaban J connectivity index is 2.27. The van der Waals surface area contributed by atoms with Crippen LogP contribution >= 0.6 is 0 Å². The summed E-state index contributed by atoms with van der Waals surface area (Å²) in [6.45, 7) is 10.9. The van der Waals surface area contributed by atoms with Crippen LogP contribution in [-0.4, -0.2) is 28.1 Å². The van der Waals surface area contributed by atoms with Crippen molar-refractivity contribution in [3.8, 4) is 5.75 Å². The van der Waals surface area contributed by atoms with Gasteiger partial charge in [-0.25, -0.2) is 8.42 Å². The number of aliphatic hydroxyl groups excluding tert-OH is 1. The van der Waals surface area contributed by atoms with Gasteiger partial charge in [-0.2, -0.15) is 0 Å². The average molecular weight is 393 g/mol. The number of rotatable bonds is 5. The van der Waals surface area contributed by atoms with E-state index in [2.05, 4.69) is 33.9 Å². The zero-order valence-corrected chi connectivity index (χ0v) is 18.1. The summed E-state index contributed by atoms with van der Waals surface area (Å²) >= 11 is 0. The first-order valence-electron chi connectivity index (χ1n) is 8.58. The first-order chi connectivity index (χ1) is 11.8. The van der Waals surface area contributed by atoms with Crippen molar-refractivity contribution in [1.29, 1.82) is 0 Å². The Hall–Kier alpha value is -1.63. The van der Waals surface area contributed by atoms with Crippen LogP contribution in [0.3, 0.4) is 0 Å². The Morgan fingerprint density at radius 2 is 1.58 bits per heavy atom. The molecule has 0 heterocycles. The highest BCUT2D eigenvalue weighted by molar-refractivity contribution is 7.90. The van der Waals surface area contributed by atoms with Crippen molar-refractivity contribution in [2.75, 3.05) is 6.26 Å². The minimum atomic E-state index is -3.25. The molecule has 2 rings (SSSR count). The van der Waals surface area contributed by atoms with Crippen LogP contribution in [0.2, 0.25) is 18.1 Å². The lowest BCUT2D eigenvalue weighted by molar-refractivity contribution is 0.220. The van der Waals surface area contributed by atoms with Crippen LogP contribution in [0.5, 0.6) is 5.75 Å². The molecule has 1 N–H and O–H groups in total. The summed E-state index contributed by atoms with van der Waals surface area (Å²) in [5.74, 6) is 0.751. The first-order valence-corrected chi connectivity index (χ1v) is 13.4. The molecule has 0 aliphatic heterocycles. The summed E-state index contributed by atoms with van der Waals surface area (Å²) in [5.41, 5.74) is 1.36. The molecular formula is C20H28O4SSi. The van der Waals surface area contributed by atoms with E-state index in [4.69, 9.17) is 4.43 Å². The van der Waals surface area contributed by atoms with Gasteiger partial charge in [-0.3, -0.25) is 0 Å². The summed E-state index contributed by atoms with van der Waals surface area (Å²) in [5, 5.41) is 10.8. The molecule has 0 aliphatic carbocycles. The van der Waals surface area contributed by atoms with Crippen LogP contribution in [0.15, 0.2) is 53.4 Å². The van der Waals surface area contributed by atoms with Crippen molar-refractivity contribution in [2.45, 2.75) is 49.9 Å². The summed E-state index contributed by atoms with van der Waals surface area (Å²) in [6, 6.07) is 13.8. The molecule has 0 aromatic heterocycles. The topological polar surface area (TPSA) is 63.6 Å². The molecule has 26 heavy (non-hydrogen) atoms. The number of hydrogen-bond acceptors (Lipinski definition) is 4. The highest BCUT2D eigenvalue weighted by Gasteiger charge is 2.39. The summed E-state index contributed by atoms with van der Waals surface area (Å²) in [6.07, 6.45) is 0.326. The fourth-order valence-corrected chi connectivity index (χ4v) is 3.94. The molecule has 0 amide bonds. The molecule has 2 aromatic carbocycles. The average Bonchev–Trinajstić information content (AvgIpc) is 2.52. The van der Waals surface area contributed by atoms with Crippen molar-refractivity contribution in [3.05, 3.63) is 59.7 Å². The van der Waals surface area contributed by atoms with Gasteiger partial charge in [0.1, 0.15) is 11.9 Å². The lowest BCUT2D eigenvalue weighted by atomic mass is 10.0. The second kappa shape index (κ2) is 7.17. The Labute approximate surface area is 157 Å². The third kappa shape index (κ3) is 4.75. The molecular weight excluding hydrogens is 364 g/mol. The van der Waals surface area contributed by atoms with Crippen molar-refractivity contribution < 1.29 is 18.0 Å². The SMILES string of the molecule is CC(C)(C)[Si](C)(C)Oc1cccc(C(O)c2ccc(S(C)(=O)=O)cc2)c1. The van der Waals surface area contributed by atoms with Gasteiger partial charge in [0.15, 0.2) is 9.84 Å². The molecule has 0 radical (unpaired) electrons. The van der Waals surface area contributed by atoms with Gasteiger partial charge in [0.05, 0.1) is 4.90 Å². The van der Waals surface area contributed by atoms with Crippen molar-refractivity contribution in [1.82, 2.24) is 0 Å². The highest BCUT2D eigenvalue weighted by atomic mass is 32.2. The zero-order valence-electron chi connectivity index (χ0n) is 16.3. The van der Waals surface area contributed by atoms with E-state index in [0.717, 1.165) is 5.75 Å². The predicted octanol–water partition coefficient (Wildman–Crippen LogP) is 4.56. The zero-order chi connectivity index (χ0) is 19.8. The number of hydrogen-bond donors (Lipinski definition) is 1. The molecule has 0 saturated heterocycles. The normalized spacial score (nSPS) is 14.1. The molecule has 0 bridgehead atoms. The number of sulfone groups is 1. The van der Waals surface area contributed by atoms with Crippen molar-refractivity contribution in [3.63, 3.8) is 0 Å².